The van der Waals surface area contributed by atoms with Crippen LogP contribution in [0.2, 0.25) is 0 Å². The van der Waals surface area contributed by atoms with E-state index in [1.165, 1.54) is 11.1 Å². The predicted octanol–water partition coefficient (Wildman–Crippen LogP) is 1.66. The van der Waals surface area contributed by atoms with Gasteiger partial charge in [0, 0.05) is 5.92 Å². The fourth-order valence-electron chi connectivity index (χ4n) is 1.75. The fourth-order valence-corrected chi connectivity index (χ4v) is 1.75. The minimum absolute atomic E-state index is 0.132. The number of benzene rings is 1. The highest BCUT2D eigenvalue weighted by molar-refractivity contribution is 5.73. The van der Waals surface area contributed by atoms with Crippen LogP contribution in [0.4, 0.5) is 0 Å². The van der Waals surface area contributed by atoms with Crippen LogP contribution in [0.15, 0.2) is 24.3 Å². The van der Waals surface area contributed by atoms with Crippen LogP contribution < -0.4 is 5.73 Å². The molecule has 0 aliphatic heterocycles. The summed E-state index contributed by atoms with van der Waals surface area (Å²) < 4.78 is 5.38. The van der Waals surface area contributed by atoms with Crippen LogP contribution in [0.25, 0.3) is 0 Å². The number of quaternary nitrogens is 1. The van der Waals surface area contributed by atoms with Crippen molar-refractivity contribution < 1.29 is 15.3 Å². The van der Waals surface area contributed by atoms with Crippen LogP contribution in [0.1, 0.15) is 37.8 Å². The molecule has 0 bridgehead atoms. The summed E-state index contributed by atoms with van der Waals surface area (Å²) in [7, 11) is 0. The molecule has 3 heteroatoms. The highest BCUT2D eigenvalue weighted by Crippen LogP contribution is 2.24. The van der Waals surface area contributed by atoms with Crippen molar-refractivity contribution in [3.63, 3.8) is 0 Å². The maximum Gasteiger partial charge on any atom is 0.364 e. The van der Waals surface area contributed by atoms with E-state index in [0.717, 1.165) is 0 Å². The van der Waals surface area contributed by atoms with Crippen molar-refractivity contribution in [2.75, 3.05) is 0 Å². The van der Waals surface area contributed by atoms with Crippen LogP contribution in [0.3, 0.4) is 0 Å². The van der Waals surface area contributed by atoms with E-state index in [4.69, 9.17) is 4.74 Å². The average Bonchev–Trinajstić information content (AvgIpc) is 2.28. The molecule has 0 saturated heterocycles. The molecule has 3 N–H and O–H groups in total. The Bertz CT molecular complexity index is 388. The highest BCUT2D eigenvalue weighted by Gasteiger charge is 2.22. The molecule has 3 nitrogen and oxygen atoms in total. The number of rotatable bonds is 4. The van der Waals surface area contributed by atoms with Crippen molar-refractivity contribution in [3.05, 3.63) is 35.4 Å². The lowest BCUT2D eigenvalue weighted by Crippen LogP contribution is -2.63. The molecule has 17 heavy (non-hydrogen) atoms. The predicted molar refractivity (Wildman–Crippen MR) is 67.5 cm³/mol. The highest BCUT2D eigenvalue weighted by atomic mass is 16.5. The molecule has 1 aromatic carbocycles. The van der Waals surface area contributed by atoms with E-state index in [1.807, 2.05) is 19.1 Å². The van der Waals surface area contributed by atoms with E-state index >= 15 is 0 Å². The van der Waals surface area contributed by atoms with Gasteiger partial charge in [0.15, 0.2) is 6.04 Å². The van der Waals surface area contributed by atoms with Gasteiger partial charge in [-0.2, -0.15) is 0 Å². The fraction of sp³-hybridized carbons (Fsp3) is 0.500. The minimum atomic E-state index is -0.318. The Morgan fingerprint density at radius 1 is 1.24 bits per heavy atom. The first-order valence-electron chi connectivity index (χ1n) is 6.02. The van der Waals surface area contributed by atoms with Crippen LogP contribution in [0.5, 0.6) is 0 Å². The Labute approximate surface area is 103 Å². The van der Waals surface area contributed by atoms with Crippen LogP contribution in [-0.4, -0.2) is 18.1 Å². The third-order valence-electron chi connectivity index (χ3n) is 3.09. The smallest absolute Gasteiger partial charge is 0.364 e. The van der Waals surface area contributed by atoms with Gasteiger partial charge in [-0.05, 0) is 31.9 Å². The SMILES string of the molecule is Cc1ccccc1[C@H](C)[C@H](C)OC(=O)[C@H](C)[NH3+]. The normalized spacial score (nSPS) is 16.1. The van der Waals surface area contributed by atoms with Crippen LogP contribution in [-0.2, 0) is 9.53 Å². The Morgan fingerprint density at radius 3 is 2.35 bits per heavy atom. The molecule has 94 valence electrons. The first kappa shape index (κ1) is 13.7. The molecule has 0 amide bonds. The topological polar surface area (TPSA) is 53.9 Å². The molecule has 0 radical (unpaired) electrons. The summed E-state index contributed by atoms with van der Waals surface area (Å²) in [5, 5.41) is 0. The van der Waals surface area contributed by atoms with E-state index < -0.39 is 0 Å². The van der Waals surface area contributed by atoms with E-state index in [2.05, 4.69) is 31.7 Å². The number of carbonyl (C=O) groups is 1. The maximum absolute atomic E-state index is 11.5. The van der Waals surface area contributed by atoms with Crippen molar-refractivity contribution in [2.45, 2.75) is 45.8 Å². The molecule has 0 saturated carbocycles. The Hall–Kier alpha value is -1.35. The van der Waals surface area contributed by atoms with Gasteiger partial charge in [-0.1, -0.05) is 31.2 Å². The summed E-state index contributed by atoms with van der Waals surface area (Å²) in [5.41, 5.74) is 6.12. The summed E-state index contributed by atoms with van der Waals surface area (Å²) in [4.78, 5) is 11.5. The second kappa shape index (κ2) is 5.82. The van der Waals surface area contributed by atoms with Gasteiger partial charge in [0.1, 0.15) is 6.10 Å². The molecule has 1 aromatic rings. The van der Waals surface area contributed by atoms with Crippen molar-refractivity contribution >= 4 is 5.97 Å². The molecule has 0 heterocycles. The van der Waals surface area contributed by atoms with Gasteiger partial charge in [0.25, 0.3) is 0 Å². The zero-order valence-corrected chi connectivity index (χ0v) is 11.1. The Morgan fingerprint density at radius 2 is 1.82 bits per heavy atom. The van der Waals surface area contributed by atoms with E-state index in [0.29, 0.717) is 0 Å². The molecule has 0 spiro atoms. The van der Waals surface area contributed by atoms with Gasteiger partial charge < -0.3 is 10.5 Å². The van der Waals surface area contributed by atoms with Crippen LogP contribution in [0, 0.1) is 6.92 Å². The number of ether oxygens (including phenoxy) is 1. The number of carbonyl (C=O) groups excluding carboxylic acids is 1. The first-order valence-corrected chi connectivity index (χ1v) is 6.02. The van der Waals surface area contributed by atoms with Gasteiger partial charge in [0.05, 0.1) is 0 Å². The summed E-state index contributed by atoms with van der Waals surface area (Å²) in [6, 6.07) is 7.86. The van der Waals surface area contributed by atoms with Crippen molar-refractivity contribution in [1.82, 2.24) is 0 Å². The van der Waals surface area contributed by atoms with Gasteiger partial charge in [-0.15, -0.1) is 0 Å². The molecule has 0 fully saturated rings. The molecular formula is C14H22NO2+. The van der Waals surface area contributed by atoms with E-state index in [-0.39, 0.29) is 24.0 Å². The second-order valence-electron chi connectivity index (χ2n) is 4.69. The summed E-state index contributed by atoms with van der Waals surface area (Å²) in [5.74, 6) is -0.0446. The first-order chi connectivity index (χ1) is 7.93. The number of hydrogen-bond acceptors (Lipinski definition) is 2. The third kappa shape index (κ3) is 3.56. The Balaban J connectivity index is 2.73. The largest absolute Gasteiger partial charge is 0.458 e. The van der Waals surface area contributed by atoms with E-state index in [9.17, 15) is 4.79 Å². The molecule has 0 aliphatic carbocycles. The van der Waals surface area contributed by atoms with Crippen molar-refractivity contribution in [2.24, 2.45) is 0 Å². The number of aryl methyl sites for hydroxylation is 1. The summed E-state index contributed by atoms with van der Waals surface area (Å²) in [6.07, 6.45) is -0.132. The monoisotopic (exact) mass is 236 g/mol. The maximum atomic E-state index is 11.5. The van der Waals surface area contributed by atoms with Crippen molar-refractivity contribution in [1.29, 1.82) is 0 Å². The lowest BCUT2D eigenvalue weighted by atomic mass is 9.92. The molecule has 0 unspecified atom stereocenters. The van der Waals surface area contributed by atoms with E-state index in [1.54, 1.807) is 6.92 Å². The zero-order valence-electron chi connectivity index (χ0n) is 11.1. The summed E-state index contributed by atoms with van der Waals surface area (Å²) in [6.45, 7) is 7.82. The van der Waals surface area contributed by atoms with Crippen molar-refractivity contribution in [3.8, 4) is 0 Å². The van der Waals surface area contributed by atoms with Gasteiger partial charge in [-0.25, -0.2) is 4.79 Å². The third-order valence-corrected chi connectivity index (χ3v) is 3.09. The Kier molecular flexibility index (Phi) is 4.70. The lowest BCUT2D eigenvalue weighted by molar-refractivity contribution is -0.403. The molecule has 3 atom stereocenters. The van der Waals surface area contributed by atoms with Gasteiger partial charge in [-0.3, -0.25) is 0 Å². The quantitative estimate of drug-likeness (QED) is 0.808. The average molecular weight is 236 g/mol. The van der Waals surface area contributed by atoms with Gasteiger partial charge >= 0.3 is 5.97 Å². The molecular weight excluding hydrogens is 214 g/mol. The summed E-state index contributed by atoms with van der Waals surface area (Å²) >= 11 is 0. The van der Waals surface area contributed by atoms with Gasteiger partial charge in [0.2, 0.25) is 0 Å². The zero-order chi connectivity index (χ0) is 13.0. The number of hydrogen-bond donors (Lipinski definition) is 1. The van der Waals surface area contributed by atoms with Crippen LogP contribution >= 0.6 is 0 Å². The lowest BCUT2D eigenvalue weighted by Gasteiger charge is -2.22. The molecule has 1 rings (SSSR count). The number of esters is 1. The molecule has 0 aromatic heterocycles. The molecule has 0 aliphatic rings. The standard InChI is InChI=1S/C14H21NO2/c1-9-7-5-6-8-13(9)10(2)12(4)17-14(16)11(3)15/h5-8,10-12H,15H2,1-4H3/p+1/t10-,11+,12+/m1/s1. The second-order valence-corrected chi connectivity index (χ2v) is 4.69. The minimum Gasteiger partial charge on any atom is -0.458 e.